The van der Waals surface area contributed by atoms with E-state index in [-0.39, 0.29) is 11.9 Å². The van der Waals surface area contributed by atoms with Gasteiger partial charge in [0.05, 0.1) is 17.2 Å². The molecule has 132 valence electrons. The number of nitrogens with zero attached hydrogens (tertiary/aromatic N) is 4. The van der Waals surface area contributed by atoms with Crippen LogP contribution in [-0.2, 0) is 6.42 Å². The quantitative estimate of drug-likeness (QED) is 0.775. The molecule has 27 heavy (non-hydrogen) atoms. The molecule has 1 aromatic heterocycles. The van der Waals surface area contributed by atoms with Gasteiger partial charge in [-0.2, -0.15) is 5.26 Å². The van der Waals surface area contributed by atoms with Crippen LogP contribution in [0.15, 0.2) is 60.9 Å². The summed E-state index contributed by atoms with van der Waals surface area (Å²) in [6.07, 6.45) is 3.90. The Morgan fingerprint density at radius 2 is 1.96 bits per heavy atom. The Balaban J connectivity index is 1.54. The van der Waals surface area contributed by atoms with E-state index in [0.717, 1.165) is 17.8 Å². The molecule has 0 radical (unpaired) electrons. The molecule has 0 fully saturated rings. The lowest BCUT2D eigenvalue weighted by Gasteiger charge is -2.22. The summed E-state index contributed by atoms with van der Waals surface area (Å²) in [4.78, 5) is 23.3. The molecular weight excluding hydrogens is 338 g/mol. The Kier molecular flexibility index (Phi) is 4.27. The van der Waals surface area contributed by atoms with E-state index >= 15 is 0 Å². The van der Waals surface area contributed by atoms with Gasteiger partial charge in [-0.05, 0) is 43.2 Å². The Morgan fingerprint density at radius 1 is 1.19 bits per heavy atom. The Hall–Kier alpha value is -3.72. The second-order valence-corrected chi connectivity index (χ2v) is 6.47. The minimum atomic E-state index is -0.106. The third kappa shape index (κ3) is 3.23. The molecule has 4 rings (SSSR count). The summed E-state index contributed by atoms with van der Waals surface area (Å²) in [5.74, 6) is 0.266. The lowest BCUT2D eigenvalue weighted by molar-refractivity contribution is 0.0981. The maximum atomic E-state index is 13.0. The first-order valence-electron chi connectivity index (χ1n) is 8.66. The van der Waals surface area contributed by atoms with Crippen molar-refractivity contribution in [2.75, 3.05) is 10.2 Å². The maximum Gasteiger partial charge on any atom is 0.261 e. The number of amides is 1. The molecule has 0 saturated carbocycles. The first-order chi connectivity index (χ1) is 13.2. The van der Waals surface area contributed by atoms with Crippen LogP contribution >= 0.6 is 0 Å². The molecule has 1 N–H and O–H groups in total. The fraction of sp³-hybridized carbons (Fsp3) is 0.143. The van der Waals surface area contributed by atoms with Crippen molar-refractivity contribution in [2.45, 2.75) is 19.4 Å². The summed E-state index contributed by atoms with van der Waals surface area (Å²) in [5, 5.41) is 12.0. The van der Waals surface area contributed by atoms with Crippen LogP contribution in [0.4, 0.5) is 17.3 Å². The number of nitrogens with one attached hydrogen (secondary N) is 1. The lowest BCUT2D eigenvalue weighted by atomic mass is 10.1. The van der Waals surface area contributed by atoms with Gasteiger partial charge in [0, 0.05) is 29.8 Å². The summed E-state index contributed by atoms with van der Waals surface area (Å²) in [6, 6.07) is 17.2. The van der Waals surface area contributed by atoms with Crippen molar-refractivity contribution in [3.8, 4) is 6.07 Å². The van der Waals surface area contributed by atoms with Gasteiger partial charge in [-0.3, -0.25) is 4.79 Å². The number of hydrogen-bond acceptors (Lipinski definition) is 5. The van der Waals surface area contributed by atoms with Crippen LogP contribution in [0, 0.1) is 11.3 Å². The largest absolute Gasteiger partial charge is 0.324 e. The van der Waals surface area contributed by atoms with E-state index in [0.29, 0.717) is 17.1 Å². The minimum absolute atomic E-state index is 0.0985. The van der Waals surface area contributed by atoms with Crippen LogP contribution < -0.4 is 10.2 Å². The van der Waals surface area contributed by atoms with Crippen LogP contribution in [0.25, 0.3) is 0 Å². The third-order valence-corrected chi connectivity index (χ3v) is 4.57. The van der Waals surface area contributed by atoms with Crippen LogP contribution in [0.3, 0.4) is 0 Å². The Bertz CT molecular complexity index is 1040. The van der Waals surface area contributed by atoms with Crippen molar-refractivity contribution < 1.29 is 4.79 Å². The number of fused-ring (bicyclic) bond motifs is 1. The van der Waals surface area contributed by atoms with E-state index in [4.69, 9.17) is 5.26 Å². The highest BCUT2D eigenvalue weighted by Crippen LogP contribution is 2.32. The number of rotatable bonds is 3. The topological polar surface area (TPSA) is 81.9 Å². The molecule has 1 aliphatic rings. The van der Waals surface area contributed by atoms with E-state index in [1.54, 1.807) is 23.1 Å². The van der Waals surface area contributed by atoms with Gasteiger partial charge in [-0.15, -0.1) is 0 Å². The van der Waals surface area contributed by atoms with Gasteiger partial charge in [0.1, 0.15) is 0 Å². The van der Waals surface area contributed by atoms with E-state index in [9.17, 15) is 4.79 Å². The molecule has 2 heterocycles. The van der Waals surface area contributed by atoms with Gasteiger partial charge in [0.2, 0.25) is 5.95 Å². The van der Waals surface area contributed by atoms with Crippen molar-refractivity contribution in [3.05, 3.63) is 77.6 Å². The second kappa shape index (κ2) is 6.89. The zero-order chi connectivity index (χ0) is 18.8. The molecule has 6 nitrogen and oxygen atoms in total. The summed E-state index contributed by atoms with van der Waals surface area (Å²) >= 11 is 0. The van der Waals surface area contributed by atoms with Gasteiger partial charge >= 0.3 is 0 Å². The first-order valence-corrected chi connectivity index (χ1v) is 8.66. The van der Waals surface area contributed by atoms with Crippen molar-refractivity contribution >= 4 is 23.2 Å². The van der Waals surface area contributed by atoms with Crippen molar-refractivity contribution in [2.24, 2.45) is 0 Å². The summed E-state index contributed by atoms with van der Waals surface area (Å²) in [5.41, 5.74) is 3.83. The number of carbonyl (C=O) groups excluding carboxylic acids is 1. The monoisotopic (exact) mass is 355 g/mol. The molecule has 0 aliphatic carbocycles. The molecule has 6 heteroatoms. The maximum absolute atomic E-state index is 13.0. The standard InChI is InChI=1S/C21H17N5O/c1-14-9-16-6-2-3-8-19(16)26(14)20(27)17-12-23-21(24-13-17)25-18-7-4-5-15(10-18)11-22/h2-8,10,12-14H,9H2,1H3,(H,23,24,25). The van der Waals surface area contributed by atoms with Crippen LogP contribution in [0.1, 0.15) is 28.4 Å². The summed E-state index contributed by atoms with van der Waals surface area (Å²) in [7, 11) is 0. The fourth-order valence-electron chi connectivity index (χ4n) is 3.31. The Morgan fingerprint density at radius 3 is 2.74 bits per heavy atom. The van der Waals surface area contributed by atoms with Crippen molar-refractivity contribution in [3.63, 3.8) is 0 Å². The highest BCUT2D eigenvalue weighted by Gasteiger charge is 2.31. The zero-order valence-corrected chi connectivity index (χ0v) is 14.8. The smallest absolute Gasteiger partial charge is 0.261 e. The number of hydrogen-bond donors (Lipinski definition) is 1. The molecule has 1 unspecified atom stereocenters. The van der Waals surface area contributed by atoms with E-state index in [2.05, 4.69) is 27.4 Å². The molecule has 0 saturated heterocycles. The van der Waals surface area contributed by atoms with Gasteiger partial charge in [-0.25, -0.2) is 9.97 Å². The van der Waals surface area contributed by atoms with Crippen molar-refractivity contribution in [1.82, 2.24) is 9.97 Å². The number of nitriles is 1. The van der Waals surface area contributed by atoms with Gasteiger partial charge in [-0.1, -0.05) is 24.3 Å². The highest BCUT2D eigenvalue weighted by atomic mass is 16.2. The van der Waals surface area contributed by atoms with Crippen LogP contribution in [-0.4, -0.2) is 21.9 Å². The van der Waals surface area contributed by atoms with E-state index in [1.165, 1.54) is 18.0 Å². The third-order valence-electron chi connectivity index (χ3n) is 4.57. The number of benzene rings is 2. The van der Waals surface area contributed by atoms with Crippen molar-refractivity contribution in [1.29, 1.82) is 5.26 Å². The average Bonchev–Trinajstić information content (AvgIpc) is 3.04. The van der Waals surface area contributed by atoms with Gasteiger partial charge < -0.3 is 10.2 Å². The molecular formula is C21H17N5O. The number of anilines is 3. The fourth-order valence-corrected chi connectivity index (χ4v) is 3.31. The summed E-state index contributed by atoms with van der Waals surface area (Å²) < 4.78 is 0. The molecule has 1 atom stereocenters. The Labute approximate surface area is 157 Å². The molecule has 0 bridgehead atoms. The van der Waals surface area contributed by atoms with Crippen LogP contribution in [0.2, 0.25) is 0 Å². The molecule has 1 amide bonds. The van der Waals surface area contributed by atoms with Crippen LogP contribution in [0.5, 0.6) is 0 Å². The lowest BCUT2D eigenvalue weighted by Crippen LogP contribution is -2.35. The molecule has 1 aliphatic heterocycles. The average molecular weight is 355 g/mol. The highest BCUT2D eigenvalue weighted by molar-refractivity contribution is 6.07. The first kappa shape index (κ1) is 16.7. The molecule has 3 aromatic rings. The van der Waals surface area contributed by atoms with Gasteiger partial charge in [0.15, 0.2) is 0 Å². The number of aromatic nitrogens is 2. The van der Waals surface area contributed by atoms with E-state index < -0.39 is 0 Å². The summed E-state index contributed by atoms with van der Waals surface area (Å²) in [6.45, 7) is 2.04. The SMILES string of the molecule is CC1Cc2ccccc2N1C(=O)c1cnc(Nc2cccc(C#N)c2)nc1. The number of carbonyl (C=O) groups is 1. The molecule has 0 spiro atoms. The predicted molar refractivity (Wildman–Crippen MR) is 103 cm³/mol. The van der Waals surface area contributed by atoms with E-state index in [1.807, 2.05) is 31.2 Å². The predicted octanol–water partition coefficient (Wildman–Crippen LogP) is 3.68. The molecule has 2 aromatic carbocycles. The normalized spacial score (nSPS) is 15.1. The second-order valence-electron chi connectivity index (χ2n) is 6.47. The van der Waals surface area contributed by atoms with Gasteiger partial charge in [0.25, 0.3) is 5.91 Å². The number of para-hydroxylation sites is 1. The zero-order valence-electron chi connectivity index (χ0n) is 14.8. The minimum Gasteiger partial charge on any atom is -0.324 e.